The Morgan fingerprint density at radius 1 is 1.33 bits per heavy atom. The fourth-order valence-corrected chi connectivity index (χ4v) is 2.04. The van der Waals surface area contributed by atoms with Gasteiger partial charge in [0.2, 0.25) is 0 Å². The third kappa shape index (κ3) is 3.90. The number of nitrogens with one attached hydrogen (secondary N) is 1. The lowest BCUT2D eigenvalue weighted by Crippen LogP contribution is -2.44. The number of aromatic nitrogens is 2. The second kappa shape index (κ2) is 6.51. The minimum absolute atomic E-state index is 0.0555. The highest BCUT2D eigenvalue weighted by Crippen LogP contribution is 2.09. The van der Waals surface area contributed by atoms with Gasteiger partial charge in [-0.2, -0.15) is 5.10 Å². The molecule has 7 heteroatoms. The van der Waals surface area contributed by atoms with Gasteiger partial charge in [-0.05, 0) is 31.7 Å². The van der Waals surface area contributed by atoms with Crippen molar-refractivity contribution < 1.29 is 14.7 Å². The van der Waals surface area contributed by atoms with Crippen LogP contribution in [0.5, 0.6) is 0 Å². The number of carbonyl (C=O) groups excluding carboxylic acids is 1. The van der Waals surface area contributed by atoms with E-state index in [1.165, 1.54) is 7.05 Å². The first-order chi connectivity index (χ1) is 9.65. The molecule has 0 saturated carbocycles. The Labute approximate surface area is 123 Å². The molecule has 0 unspecified atom stereocenters. The highest BCUT2D eigenvalue weighted by Gasteiger charge is 2.25. The molecule has 1 aromatic rings. The van der Waals surface area contributed by atoms with Gasteiger partial charge in [0.05, 0.1) is 5.69 Å². The maximum Gasteiger partial charge on any atom is 0.326 e. The van der Waals surface area contributed by atoms with Crippen molar-refractivity contribution >= 4 is 11.9 Å². The van der Waals surface area contributed by atoms with Crippen LogP contribution in [-0.2, 0) is 11.8 Å². The second-order valence-corrected chi connectivity index (χ2v) is 5.51. The van der Waals surface area contributed by atoms with Crippen LogP contribution in [-0.4, -0.2) is 32.8 Å². The molecule has 1 atom stereocenters. The van der Waals surface area contributed by atoms with Gasteiger partial charge in [-0.25, -0.2) is 9.48 Å². The first-order valence-corrected chi connectivity index (χ1v) is 6.73. The Bertz CT molecular complexity index is 619. The van der Waals surface area contributed by atoms with Gasteiger partial charge in [-0.15, -0.1) is 0 Å². The zero-order chi connectivity index (χ0) is 16.3. The van der Waals surface area contributed by atoms with Crippen LogP contribution in [0.3, 0.4) is 0 Å². The predicted molar refractivity (Wildman–Crippen MR) is 77.3 cm³/mol. The maximum atomic E-state index is 12.3. The van der Waals surface area contributed by atoms with Crippen LogP contribution in [0.1, 0.15) is 41.9 Å². The van der Waals surface area contributed by atoms with E-state index in [-0.39, 0.29) is 11.5 Å². The first-order valence-electron chi connectivity index (χ1n) is 6.73. The third-order valence-electron chi connectivity index (χ3n) is 3.26. The summed E-state index contributed by atoms with van der Waals surface area (Å²) in [7, 11) is 1.45. The van der Waals surface area contributed by atoms with Gasteiger partial charge < -0.3 is 10.4 Å². The van der Waals surface area contributed by atoms with Crippen molar-refractivity contribution in [1.82, 2.24) is 15.1 Å². The van der Waals surface area contributed by atoms with Crippen molar-refractivity contribution in [3.05, 3.63) is 27.2 Å². The number of aryl methyl sites for hydroxylation is 2. The van der Waals surface area contributed by atoms with E-state index < -0.39 is 23.5 Å². The molecule has 1 aromatic heterocycles. The number of nitrogens with zero attached hydrogens (tertiary/aromatic N) is 2. The molecule has 1 rings (SSSR count). The third-order valence-corrected chi connectivity index (χ3v) is 3.26. The first kappa shape index (κ1) is 16.9. The van der Waals surface area contributed by atoms with Gasteiger partial charge in [-0.1, -0.05) is 13.8 Å². The molecule has 0 saturated heterocycles. The van der Waals surface area contributed by atoms with Crippen molar-refractivity contribution in [3.8, 4) is 0 Å². The Hall–Kier alpha value is -2.18. The van der Waals surface area contributed by atoms with Crippen molar-refractivity contribution in [2.24, 2.45) is 13.0 Å². The molecular weight excluding hydrogens is 274 g/mol. The molecule has 0 bridgehead atoms. The summed E-state index contributed by atoms with van der Waals surface area (Å²) < 4.78 is 1.08. The topological polar surface area (TPSA) is 101 Å². The van der Waals surface area contributed by atoms with Crippen LogP contribution in [0.2, 0.25) is 0 Å². The quantitative estimate of drug-likeness (QED) is 0.829. The Kier molecular flexibility index (Phi) is 5.23. The molecule has 1 heterocycles. The van der Waals surface area contributed by atoms with E-state index in [0.29, 0.717) is 17.7 Å². The van der Waals surface area contributed by atoms with Crippen LogP contribution in [0.25, 0.3) is 0 Å². The number of hydrogen-bond acceptors (Lipinski definition) is 4. The molecule has 0 spiro atoms. The largest absolute Gasteiger partial charge is 0.480 e. The normalized spacial score (nSPS) is 12.3. The van der Waals surface area contributed by atoms with Crippen LogP contribution in [0, 0.1) is 19.8 Å². The molecule has 116 valence electrons. The highest BCUT2D eigenvalue weighted by atomic mass is 16.4. The SMILES string of the molecule is Cc1nn(C)c(=O)c(C(=O)N[C@H](CC(C)C)C(=O)O)c1C. The highest BCUT2D eigenvalue weighted by molar-refractivity contribution is 5.97. The molecule has 7 nitrogen and oxygen atoms in total. The summed E-state index contributed by atoms with van der Waals surface area (Å²) >= 11 is 0. The summed E-state index contributed by atoms with van der Waals surface area (Å²) in [6, 6.07) is -1.02. The van der Waals surface area contributed by atoms with E-state index in [1.54, 1.807) is 13.8 Å². The molecule has 0 aliphatic heterocycles. The van der Waals surface area contributed by atoms with Gasteiger partial charge in [-0.3, -0.25) is 9.59 Å². The summed E-state index contributed by atoms with van der Waals surface area (Å²) in [6.07, 6.45) is 0.296. The van der Waals surface area contributed by atoms with Crippen LogP contribution in [0.15, 0.2) is 4.79 Å². The van der Waals surface area contributed by atoms with Gasteiger partial charge in [0.1, 0.15) is 11.6 Å². The van der Waals surface area contributed by atoms with Gasteiger partial charge in [0.25, 0.3) is 11.5 Å². The molecular formula is C14H21N3O4. The monoisotopic (exact) mass is 295 g/mol. The summed E-state index contributed by atoms with van der Waals surface area (Å²) in [4.78, 5) is 35.5. The van der Waals surface area contributed by atoms with E-state index in [9.17, 15) is 14.4 Å². The smallest absolute Gasteiger partial charge is 0.326 e. The molecule has 0 aromatic carbocycles. The summed E-state index contributed by atoms with van der Waals surface area (Å²) in [6.45, 7) is 7.04. The van der Waals surface area contributed by atoms with Gasteiger partial charge >= 0.3 is 5.97 Å². The number of aliphatic carboxylic acids is 1. The van der Waals surface area contributed by atoms with Crippen LogP contribution in [0.4, 0.5) is 0 Å². The molecule has 21 heavy (non-hydrogen) atoms. The van der Waals surface area contributed by atoms with Crippen molar-refractivity contribution in [2.75, 3.05) is 0 Å². The number of rotatable bonds is 5. The van der Waals surface area contributed by atoms with E-state index in [4.69, 9.17) is 5.11 Å². The minimum atomic E-state index is -1.11. The average Bonchev–Trinajstić information content (AvgIpc) is 2.35. The molecule has 0 fully saturated rings. The lowest BCUT2D eigenvalue weighted by atomic mass is 10.0. The lowest BCUT2D eigenvalue weighted by Gasteiger charge is -2.17. The fraction of sp³-hybridized carbons (Fsp3) is 0.571. The van der Waals surface area contributed by atoms with Crippen LogP contribution >= 0.6 is 0 Å². The van der Waals surface area contributed by atoms with Crippen molar-refractivity contribution in [2.45, 2.75) is 40.2 Å². The number of carboxylic acid groups (broad SMARTS) is 1. The Morgan fingerprint density at radius 2 is 1.90 bits per heavy atom. The molecule has 2 N–H and O–H groups in total. The van der Waals surface area contributed by atoms with Crippen molar-refractivity contribution in [3.63, 3.8) is 0 Å². The average molecular weight is 295 g/mol. The summed E-state index contributed by atoms with van der Waals surface area (Å²) in [5, 5.41) is 15.6. The predicted octanol–water partition coefficient (Wildman–Crippen LogP) is 0.626. The zero-order valence-electron chi connectivity index (χ0n) is 12.9. The van der Waals surface area contributed by atoms with E-state index in [2.05, 4.69) is 10.4 Å². The Balaban J connectivity index is 3.15. The number of carbonyl (C=O) groups is 2. The number of amides is 1. The lowest BCUT2D eigenvalue weighted by molar-refractivity contribution is -0.139. The van der Waals surface area contributed by atoms with E-state index in [0.717, 1.165) is 4.68 Å². The molecule has 0 aliphatic carbocycles. The second-order valence-electron chi connectivity index (χ2n) is 5.51. The maximum absolute atomic E-state index is 12.3. The summed E-state index contributed by atoms with van der Waals surface area (Å²) in [5.74, 6) is -1.68. The Morgan fingerprint density at radius 3 is 2.38 bits per heavy atom. The van der Waals surface area contributed by atoms with Crippen molar-refractivity contribution in [1.29, 1.82) is 0 Å². The molecule has 0 aliphatic rings. The standard InChI is InChI=1S/C14H21N3O4/c1-7(2)6-10(14(20)21)15-12(18)11-8(3)9(4)16-17(5)13(11)19/h7,10H,6H2,1-5H3,(H,15,18)(H,20,21)/t10-/m1/s1. The number of hydrogen-bond donors (Lipinski definition) is 2. The zero-order valence-corrected chi connectivity index (χ0v) is 12.9. The van der Waals surface area contributed by atoms with Gasteiger partial charge in [0.15, 0.2) is 0 Å². The van der Waals surface area contributed by atoms with E-state index >= 15 is 0 Å². The molecule has 1 amide bonds. The number of carboxylic acids is 1. The van der Waals surface area contributed by atoms with E-state index in [1.807, 2.05) is 13.8 Å². The minimum Gasteiger partial charge on any atom is -0.480 e. The fourth-order valence-electron chi connectivity index (χ4n) is 2.04. The molecule has 0 radical (unpaired) electrons. The van der Waals surface area contributed by atoms with Gasteiger partial charge in [0, 0.05) is 7.05 Å². The van der Waals surface area contributed by atoms with Crippen LogP contribution < -0.4 is 10.9 Å². The summed E-state index contributed by atoms with van der Waals surface area (Å²) in [5.41, 5.74) is 0.423.